The Kier molecular flexibility index (Phi) is 4.32. The minimum atomic E-state index is 0.492. The van der Waals surface area contributed by atoms with E-state index in [1.165, 1.54) is 10.9 Å². The van der Waals surface area contributed by atoms with Gasteiger partial charge in [-0.15, -0.1) is 0 Å². The van der Waals surface area contributed by atoms with Gasteiger partial charge in [0.15, 0.2) is 5.75 Å². The average Bonchev–Trinajstić information content (AvgIpc) is 2.85. The standard InChI is InChI=1S/C18H17Cl2NO/c1-11(2)8-12-10-21-17-7-6-13(9-14(12)17)22-18-15(19)4-3-5-16(18)20/h3-7,9-11,21H,8H2,1-2H3. The van der Waals surface area contributed by atoms with E-state index in [-0.39, 0.29) is 0 Å². The molecule has 3 aromatic rings. The summed E-state index contributed by atoms with van der Waals surface area (Å²) >= 11 is 12.3. The van der Waals surface area contributed by atoms with Gasteiger partial charge in [-0.3, -0.25) is 0 Å². The van der Waals surface area contributed by atoms with E-state index in [2.05, 4.69) is 25.0 Å². The highest BCUT2D eigenvalue weighted by atomic mass is 35.5. The molecule has 1 heterocycles. The van der Waals surface area contributed by atoms with Crippen LogP contribution in [0.25, 0.3) is 10.9 Å². The second kappa shape index (κ2) is 6.23. The average molecular weight is 334 g/mol. The fraction of sp³-hybridized carbons (Fsp3) is 0.222. The Balaban J connectivity index is 1.98. The second-order valence-electron chi connectivity index (χ2n) is 5.77. The first kappa shape index (κ1) is 15.3. The van der Waals surface area contributed by atoms with Crippen LogP contribution in [0.1, 0.15) is 19.4 Å². The van der Waals surface area contributed by atoms with Gasteiger partial charge in [-0.25, -0.2) is 0 Å². The zero-order chi connectivity index (χ0) is 15.7. The highest BCUT2D eigenvalue weighted by molar-refractivity contribution is 6.37. The quantitative estimate of drug-likeness (QED) is 0.581. The molecule has 0 saturated carbocycles. The summed E-state index contributed by atoms with van der Waals surface area (Å²) in [6.45, 7) is 4.42. The van der Waals surface area contributed by atoms with Gasteiger partial charge in [0.1, 0.15) is 5.75 Å². The summed E-state index contributed by atoms with van der Waals surface area (Å²) in [6.07, 6.45) is 3.09. The number of nitrogens with one attached hydrogen (secondary N) is 1. The van der Waals surface area contributed by atoms with Gasteiger partial charge in [0, 0.05) is 17.1 Å². The molecule has 0 unspecified atom stereocenters. The van der Waals surface area contributed by atoms with Crippen LogP contribution in [0, 0.1) is 5.92 Å². The molecule has 2 aromatic carbocycles. The topological polar surface area (TPSA) is 25.0 Å². The largest absolute Gasteiger partial charge is 0.454 e. The number of ether oxygens (including phenoxy) is 1. The lowest BCUT2D eigenvalue weighted by Gasteiger charge is -2.10. The Morgan fingerprint density at radius 1 is 1.09 bits per heavy atom. The summed E-state index contributed by atoms with van der Waals surface area (Å²) in [5.41, 5.74) is 2.40. The molecular weight excluding hydrogens is 317 g/mol. The molecule has 4 heteroatoms. The Bertz CT molecular complexity index is 788. The van der Waals surface area contributed by atoms with Crippen LogP contribution in [0.15, 0.2) is 42.6 Å². The summed E-state index contributed by atoms with van der Waals surface area (Å²) in [5.74, 6) is 1.82. The van der Waals surface area contributed by atoms with Crippen LogP contribution in [0.5, 0.6) is 11.5 Å². The van der Waals surface area contributed by atoms with E-state index < -0.39 is 0 Å². The number of hydrogen-bond acceptors (Lipinski definition) is 1. The lowest BCUT2D eigenvalue weighted by Crippen LogP contribution is -1.92. The van der Waals surface area contributed by atoms with Crippen LogP contribution >= 0.6 is 23.2 Å². The molecule has 0 aliphatic rings. The predicted molar refractivity (Wildman–Crippen MR) is 93.4 cm³/mol. The minimum Gasteiger partial charge on any atom is -0.454 e. The molecule has 114 valence electrons. The van der Waals surface area contributed by atoms with Crippen molar-refractivity contribution in [3.8, 4) is 11.5 Å². The minimum absolute atomic E-state index is 0.492. The van der Waals surface area contributed by atoms with Crippen LogP contribution < -0.4 is 4.74 Å². The number of benzene rings is 2. The first-order valence-corrected chi connectivity index (χ1v) is 8.02. The molecule has 0 atom stereocenters. The molecule has 1 N–H and O–H groups in total. The summed E-state index contributed by atoms with van der Waals surface area (Å²) in [5, 5.41) is 2.18. The van der Waals surface area contributed by atoms with E-state index in [1.54, 1.807) is 18.2 Å². The van der Waals surface area contributed by atoms with E-state index in [4.69, 9.17) is 27.9 Å². The molecule has 22 heavy (non-hydrogen) atoms. The fourth-order valence-corrected chi connectivity index (χ4v) is 3.00. The Morgan fingerprint density at radius 3 is 2.50 bits per heavy atom. The van der Waals surface area contributed by atoms with Crippen molar-refractivity contribution in [1.29, 1.82) is 0 Å². The molecule has 0 radical (unpaired) electrons. The number of para-hydroxylation sites is 1. The molecule has 0 aliphatic carbocycles. The maximum atomic E-state index is 6.16. The van der Waals surface area contributed by atoms with E-state index in [9.17, 15) is 0 Å². The second-order valence-corrected chi connectivity index (χ2v) is 6.59. The number of aromatic amines is 1. The summed E-state index contributed by atoms with van der Waals surface area (Å²) in [7, 11) is 0. The SMILES string of the molecule is CC(C)Cc1c[nH]c2ccc(Oc3c(Cl)cccc3Cl)cc12. The monoisotopic (exact) mass is 333 g/mol. The highest BCUT2D eigenvalue weighted by Gasteiger charge is 2.11. The summed E-state index contributed by atoms with van der Waals surface area (Å²) in [6, 6.07) is 11.3. The number of halogens is 2. The van der Waals surface area contributed by atoms with E-state index >= 15 is 0 Å². The van der Waals surface area contributed by atoms with Gasteiger partial charge < -0.3 is 9.72 Å². The van der Waals surface area contributed by atoms with E-state index in [1.807, 2.05) is 18.2 Å². The Labute approximate surface area is 140 Å². The maximum Gasteiger partial charge on any atom is 0.164 e. The summed E-state index contributed by atoms with van der Waals surface area (Å²) in [4.78, 5) is 3.30. The zero-order valence-electron chi connectivity index (χ0n) is 12.5. The van der Waals surface area contributed by atoms with Crippen molar-refractivity contribution in [1.82, 2.24) is 4.98 Å². The Hall–Kier alpha value is -1.64. The lowest BCUT2D eigenvalue weighted by atomic mass is 10.0. The van der Waals surface area contributed by atoms with Crippen LogP contribution in [0.2, 0.25) is 10.0 Å². The molecule has 0 bridgehead atoms. The van der Waals surface area contributed by atoms with E-state index in [0.717, 1.165) is 17.7 Å². The van der Waals surface area contributed by atoms with Crippen LogP contribution in [0.3, 0.4) is 0 Å². The third-order valence-corrected chi connectivity index (χ3v) is 4.10. The fourth-order valence-electron chi connectivity index (χ4n) is 2.53. The molecule has 0 saturated heterocycles. The molecule has 2 nitrogen and oxygen atoms in total. The van der Waals surface area contributed by atoms with Crippen LogP contribution in [0.4, 0.5) is 0 Å². The van der Waals surface area contributed by atoms with E-state index in [0.29, 0.717) is 21.7 Å². The van der Waals surface area contributed by atoms with Crippen molar-refractivity contribution in [2.24, 2.45) is 5.92 Å². The number of rotatable bonds is 4. The molecule has 0 amide bonds. The molecule has 0 aliphatic heterocycles. The smallest absolute Gasteiger partial charge is 0.164 e. The van der Waals surface area contributed by atoms with Gasteiger partial charge in [0.05, 0.1) is 10.0 Å². The number of H-pyrrole nitrogens is 1. The molecule has 0 fully saturated rings. The summed E-state index contributed by atoms with van der Waals surface area (Å²) < 4.78 is 5.90. The number of hydrogen-bond donors (Lipinski definition) is 1. The molecule has 0 spiro atoms. The van der Waals surface area contributed by atoms with Gasteiger partial charge in [-0.2, -0.15) is 0 Å². The van der Waals surface area contributed by atoms with Crippen LogP contribution in [-0.4, -0.2) is 4.98 Å². The maximum absolute atomic E-state index is 6.16. The zero-order valence-corrected chi connectivity index (χ0v) is 14.0. The molecule has 3 rings (SSSR count). The normalized spacial score (nSPS) is 11.3. The van der Waals surface area contributed by atoms with Gasteiger partial charge in [0.2, 0.25) is 0 Å². The molecular formula is C18H17Cl2NO. The van der Waals surface area contributed by atoms with Crippen molar-refractivity contribution >= 4 is 34.1 Å². The third kappa shape index (κ3) is 3.08. The van der Waals surface area contributed by atoms with Crippen molar-refractivity contribution in [3.63, 3.8) is 0 Å². The van der Waals surface area contributed by atoms with Gasteiger partial charge >= 0.3 is 0 Å². The van der Waals surface area contributed by atoms with Crippen molar-refractivity contribution < 1.29 is 4.74 Å². The van der Waals surface area contributed by atoms with Gasteiger partial charge in [0.25, 0.3) is 0 Å². The lowest BCUT2D eigenvalue weighted by molar-refractivity contribution is 0.484. The molecule has 1 aromatic heterocycles. The highest BCUT2D eigenvalue weighted by Crippen LogP contribution is 2.37. The van der Waals surface area contributed by atoms with Crippen molar-refractivity contribution in [2.45, 2.75) is 20.3 Å². The first-order valence-electron chi connectivity index (χ1n) is 7.26. The first-order chi connectivity index (χ1) is 10.5. The predicted octanol–water partition coefficient (Wildman–Crippen LogP) is 6.47. The van der Waals surface area contributed by atoms with Gasteiger partial charge in [-0.1, -0.05) is 43.1 Å². The Morgan fingerprint density at radius 2 is 1.82 bits per heavy atom. The van der Waals surface area contributed by atoms with Crippen LogP contribution in [-0.2, 0) is 6.42 Å². The number of fused-ring (bicyclic) bond motifs is 1. The number of aromatic nitrogens is 1. The third-order valence-electron chi connectivity index (χ3n) is 3.51. The van der Waals surface area contributed by atoms with Gasteiger partial charge in [-0.05, 0) is 48.2 Å². The van der Waals surface area contributed by atoms with Crippen molar-refractivity contribution in [2.75, 3.05) is 0 Å². The van der Waals surface area contributed by atoms with Crippen molar-refractivity contribution in [3.05, 3.63) is 58.2 Å².